The number of pyridine rings is 1. The Kier molecular flexibility index (Phi) is 7.23. The van der Waals surface area contributed by atoms with Crippen LogP contribution < -0.4 is 15.5 Å². The number of nitrogens with one attached hydrogen (secondary N) is 2. The highest BCUT2D eigenvalue weighted by Crippen LogP contribution is 2.26. The van der Waals surface area contributed by atoms with Crippen molar-refractivity contribution in [3.8, 4) is 11.4 Å². The lowest BCUT2D eigenvalue weighted by Crippen LogP contribution is -2.66. The summed E-state index contributed by atoms with van der Waals surface area (Å²) in [6.45, 7) is 7.72. The van der Waals surface area contributed by atoms with Gasteiger partial charge in [-0.15, -0.1) is 0 Å². The van der Waals surface area contributed by atoms with Crippen molar-refractivity contribution in [3.63, 3.8) is 0 Å². The van der Waals surface area contributed by atoms with E-state index >= 15 is 0 Å². The molecule has 2 saturated heterocycles. The molecular weight excluding hydrogens is 466 g/mol. The van der Waals surface area contributed by atoms with Crippen molar-refractivity contribution in [1.82, 2.24) is 30.3 Å². The molecular formula is C28H35N7O2. The van der Waals surface area contributed by atoms with Gasteiger partial charge >= 0.3 is 0 Å². The molecule has 5 rings (SSSR count). The van der Waals surface area contributed by atoms with E-state index < -0.39 is 5.54 Å². The zero-order chi connectivity index (χ0) is 25.8. The molecule has 2 aromatic heterocycles. The van der Waals surface area contributed by atoms with Crippen LogP contribution in [0.1, 0.15) is 25.3 Å². The summed E-state index contributed by atoms with van der Waals surface area (Å²) in [5.74, 6) is -0.190. The number of piperazine rings is 1. The van der Waals surface area contributed by atoms with E-state index in [1.54, 1.807) is 17.1 Å². The Labute approximate surface area is 217 Å². The van der Waals surface area contributed by atoms with Crippen molar-refractivity contribution in [2.24, 2.45) is 0 Å². The van der Waals surface area contributed by atoms with Crippen LogP contribution in [0.3, 0.4) is 0 Å². The van der Waals surface area contributed by atoms with Gasteiger partial charge in [-0.1, -0.05) is 18.2 Å². The standard InChI is InChI=1S/C28H35N7O2/c1-21-6-5-7-23(18-21)35-17-16-33(19-22(35)2)27(37)28(10-13-29-14-11-28)31-26(36)20-34-15-9-25(32-34)24-8-3-4-12-30-24/h3-9,12,15,18,22,29H,10-11,13-14,16-17,19-20H2,1-2H3,(H,31,36). The Balaban J connectivity index is 1.26. The van der Waals surface area contributed by atoms with Crippen molar-refractivity contribution < 1.29 is 9.59 Å². The summed E-state index contributed by atoms with van der Waals surface area (Å²) in [6.07, 6.45) is 4.63. The Morgan fingerprint density at radius 2 is 1.92 bits per heavy atom. The summed E-state index contributed by atoms with van der Waals surface area (Å²) >= 11 is 0. The molecule has 0 radical (unpaired) electrons. The first-order valence-corrected chi connectivity index (χ1v) is 13.0. The number of carbonyl (C=O) groups excluding carboxylic acids is 2. The molecule has 2 N–H and O–H groups in total. The number of hydrogen-bond donors (Lipinski definition) is 2. The third kappa shape index (κ3) is 5.51. The molecule has 2 aliphatic rings. The maximum absolute atomic E-state index is 13.9. The zero-order valence-electron chi connectivity index (χ0n) is 21.6. The number of piperidine rings is 1. The third-order valence-electron chi connectivity index (χ3n) is 7.37. The number of carbonyl (C=O) groups is 2. The molecule has 3 aromatic rings. The largest absolute Gasteiger partial charge is 0.365 e. The Morgan fingerprint density at radius 1 is 1.08 bits per heavy atom. The van der Waals surface area contributed by atoms with E-state index in [2.05, 4.69) is 63.7 Å². The van der Waals surface area contributed by atoms with Crippen molar-refractivity contribution in [1.29, 1.82) is 0 Å². The lowest BCUT2D eigenvalue weighted by Gasteiger charge is -2.46. The molecule has 1 atom stereocenters. The molecule has 1 aromatic carbocycles. The van der Waals surface area contributed by atoms with E-state index in [0.717, 1.165) is 12.2 Å². The second-order valence-electron chi connectivity index (χ2n) is 10.1. The van der Waals surface area contributed by atoms with Gasteiger partial charge in [0.15, 0.2) is 0 Å². The summed E-state index contributed by atoms with van der Waals surface area (Å²) < 4.78 is 1.60. The molecule has 194 valence electrons. The second kappa shape index (κ2) is 10.7. The van der Waals surface area contributed by atoms with E-state index in [4.69, 9.17) is 0 Å². The second-order valence-corrected chi connectivity index (χ2v) is 10.1. The van der Waals surface area contributed by atoms with Crippen molar-refractivity contribution >= 4 is 17.5 Å². The summed E-state index contributed by atoms with van der Waals surface area (Å²) in [5.41, 5.74) is 2.98. The van der Waals surface area contributed by atoms with Crippen molar-refractivity contribution in [2.75, 3.05) is 37.6 Å². The number of nitrogens with zero attached hydrogens (tertiary/aromatic N) is 5. The van der Waals surface area contributed by atoms with Gasteiger partial charge < -0.3 is 20.4 Å². The number of aryl methyl sites for hydroxylation is 1. The fourth-order valence-corrected chi connectivity index (χ4v) is 5.44. The predicted octanol–water partition coefficient (Wildman–Crippen LogP) is 2.23. The molecule has 0 saturated carbocycles. The lowest BCUT2D eigenvalue weighted by molar-refractivity contribution is -0.144. The first-order valence-electron chi connectivity index (χ1n) is 13.0. The number of benzene rings is 1. The fourth-order valence-electron chi connectivity index (χ4n) is 5.44. The highest BCUT2D eigenvalue weighted by atomic mass is 16.2. The number of aromatic nitrogens is 3. The summed E-state index contributed by atoms with van der Waals surface area (Å²) in [5, 5.41) is 11.0. The van der Waals surface area contributed by atoms with E-state index in [1.807, 2.05) is 29.2 Å². The maximum Gasteiger partial charge on any atom is 0.248 e. The van der Waals surface area contributed by atoms with Crippen LogP contribution in [0.5, 0.6) is 0 Å². The molecule has 0 bridgehead atoms. The summed E-state index contributed by atoms with van der Waals surface area (Å²) in [4.78, 5) is 35.7. The zero-order valence-corrected chi connectivity index (χ0v) is 21.6. The predicted molar refractivity (Wildman–Crippen MR) is 143 cm³/mol. The average molecular weight is 502 g/mol. The Morgan fingerprint density at radius 3 is 2.65 bits per heavy atom. The van der Waals surface area contributed by atoms with Crippen LogP contribution in [-0.2, 0) is 16.1 Å². The number of anilines is 1. The number of hydrogen-bond acceptors (Lipinski definition) is 6. The third-order valence-corrected chi connectivity index (χ3v) is 7.37. The minimum Gasteiger partial charge on any atom is -0.365 e. The highest BCUT2D eigenvalue weighted by molar-refractivity contribution is 5.92. The lowest BCUT2D eigenvalue weighted by atomic mass is 9.86. The van der Waals surface area contributed by atoms with Gasteiger partial charge in [0.25, 0.3) is 0 Å². The molecule has 2 fully saturated rings. The molecule has 1 unspecified atom stereocenters. The van der Waals surface area contributed by atoms with Gasteiger partial charge in [-0.05, 0) is 75.7 Å². The van der Waals surface area contributed by atoms with Gasteiger partial charge in [-0.3, -0.25) is 19.3 Å². The summed E-state index contributed by atoms with van der Waals surface area (Å²) in [6, 6.07) is 16.2. The fraction of sp³-hybridized carbons (Fsp3) is 0.429. The van der Waals surface area contributed by atoms with Gasteiger partial charge in [0, 0.05) is 43.8 Å². The molecule has 0 aliphatic carbocycles. The maximum atomic E-state index is 13.9. The minimum atomic E-state index is -0.898. The Bertz CT molecular complexity index is 1240. The van der Waals surface area contributed by atoms with Crippen molar-refractivity contribution in [2.45, 2.75) is 44.8 Å². The smallest absolute Gasteiger partial charge is 0.248 e. The molecule has 4 heterocycles. The molecule has 0 spiro atoms. The first-order chi connectivity index (χ1) is 17.9. The van der Waals surface area contributed by atoms with Crippen molar-refractivity contribution in [3.05, 3.63) is 66.5 Å². The average Bonchev–Trinajstić information content (AvgIpc) is 3.37. The SMILES string of the molecule is Cc1cccc(N2CCN(C(=O)C3(NC(=O)Cn4ccc(-c5ccccn5)n4)CCNCC3)CC2C)c1. The van der Waals surface area contributed by atoms with Gasteiger partial charge in [0.2, 0.25) is 11.8 Å². The molecule has 9 heteroatoms. The van der Waals surface area contributed by atoms with E-state index in [1.165, 1.54) is 11.3 Å². The molecule has 2 aliphatic heterocycles. The van der Waals surface area contributed by atoms with Crippen LogP contribution in [0.25, 0.3) is 11.4 Å². The van der Waals surface area contributed by atoms with Crippen LogP contribution in [0, 0.1) is 6.92 Å². The normalized spacial score (nSPS) is 19.5. The van der Waals surface area contributed by atoms with E-state index in [0.29, 0.717) is 44.7 Å². The molecule has 9 nitrogen and oxygen atoms in total. The van der Waals surface area contributed by atoms with Crippen LogP contribution in [0.15, 0.2) is 60.9 Å². The van der Waals surface area contributed by atoms with Gasteiger partial charge in [0.1, 0.15) is 17.8 Å². The monoisotopic (exact) mass is 501 g/mol. The molecule has 2 amide bonds. The minimum absolute atomic E-state index is 0.0210. The van der Waals surface area contributed by atoms with Gasteiger partial charge in [0.05, 0.1) is 5.69 Å². The van der Waals surface area contributed by atoms with Crippen LogP contribution in [-0.4, -0.2) is 75.8 Å². The van der Waals surface area contributed by atoms with Gasteiger partial charge in [-0.25, -0.2) is 0 Å². The Hall–Kier alpha value is -3.72. The summed E-state index contributed by atoms with van der Waals surface area (Å²) in [7, 11) is 0. The van der Waals surface area contributed by atoms with E-state index in [9.17, 15) is 9.59 Å². The van der Waals surface area contributed by atoms with Crippen LogP contribution in [0.2, 0.25) is 0 Å². The number of amides is 2. The highest BCUT2D eigenvalue weighted by Gasteiger charge is 2.44. The quantitative estimate of drug-likeness (QED) is 0.538. The first kappa shape index (κ1) is 25.0. The number of rotatable bonds is 6. The topological polar surface area (TPSA) is 95.4 Å². The van der Waals surface area contributed by atoms with Gasteiger partial charge in [-0.2, -0.15) is 5.10 Å². The molecule has 37 heavy (non-hydrogen) atoms. The van der Waals surface area contributed by atoms with Crippen LogP contribution >= 0.6 is 0 Å². The van der Waals surface area contributed by atoms with E-state index in [-0.39, 0.29) is 24.4 Å². The van der Waals surface area contributed by atoms with Crippen LogP contribution in [0.4, 0.5) is 5.69 Å².